The monoisotopic (exact) mass is 415 g/mol. The number of aromatic nitrogens is 4. The number of hydrogen-bond donors (Lipinski definition) is 2. The molecule has 0 unspecified atom stereocenters. The quantitative estimate of drug-likeness (QED) is 0.714. The van der Waals surface area contributed by atoms with E-state index in [9.17, 15) is 14.4 Å². The molecule has 0 aromatic carbocycles. The van der Waals surface area contributed by atoms with Gasteiger partial charge in [-0.2, -0.15) is 19.7 Å². The first-order valence-corrected chi connectivity index (χ1v) is 9.85. The molecule has 0 saturated heterocycles. The summed E-state index contributed by atoms with van der Waals surface area (Å²) in [5.41, 5.74) is 0.465. The van der Waals surface area contributed by atoms with Crippen molar-refractivity contribution in [3.8, 4) is 11.9 Å². The highest BCUT2D eigenvalue weighted by molar-refractivity contribution is 5.73. The highest BCUT2D eigenvalue weighted by atomic mass is 19.1. The number of hydrogen-bond acceptors (Lipinski definition) is 7. The lowest BCUT2D eigenvalue weighted by Crippen LogP contribution is -2.31. The molecule has 1 saturated carbocycles. The lowest BCUT2D eigenvalue weighted by Gasteiger charge is -2.15. The summed E-state index contributed by atoms with van der Waals surface area (Å²) >= 11 is 0. The van der Waals surface area contributed by atoms with Gasteiger partial charge in [0.1, 0.15) is 5.54 Å². The lowest BCUT2D eigenvalue weighted by atomic mass is 10.1. The number of carbonyl (C=O) groups is 1. The molecule has 2 N–H and O–H groups in total. The molecule has 9 nitrogen and oxygen atoms in total. The second-order valence-corrected chi connectivity index (χ2v) is 8.10. The second kappa shape index (κ2) is 8.65. The van der Waals surface area contributed by atoms with E-state index in [-0.39, 0.29) is 29.7 Å². The number of halogens is 1. The molecule has 1 amide bonds. The Hall–Kier alpha value is -3.22. The average Bonchev–Trinajstić information content (AvgIpc) is 3.28. The molecule has 1 fully saturated rings. The van der Waals surface area contributed by atoms with E-state index in [4.69, 9.17) is 4.74 Å². The van der Waals surface area contributed by atoms with Crippen LogP contribution in [0.5, 0.6) is 5.88 Å². The fraction of sp³-hybridized carbons (Fsp3) is 0.550. The maximum atomic E-state index is 14.1. The van der Waals surface area contributed by atoms with Crippen molar-refractivity contribution in [2.45, 2.75) is 58.5 Å². The van der Waals surface area contributed by atoms with Gasteiger partial charge in [-0.1, -0.05) is 0 Å². The molecule has 2 atom stereocenters. The Morgan fingerprint density at radius 3 is 2.93 bits per heavy atom. The molecule has 2 aromatic rings. The standard InChI is InChI=1S/C20H26FN7O2/c1-12-17(9-28(27-12)20(3,4)11-22)25-19-23-8-16(21)18(26-19)30-10-14-5-6-15(7-14)24-13(2)29/h8-9,14-15H,5-7,10H2,1-4H3,(H,24,29)(H,23,25,26)/t14-,15+/m1/s1. The van der Waals surface area contributed by atoms with Crippen LogP contribution in [0.1, 0.15) is 45.7 Å². The van der Waals surface area contributed by atoms with Crippen molar-refractivity contribution < 1.29 is 13.9 Å². The van der Waals surface area contributed by atoms with Gasteiger partial charge in [-0.15, -0.1) is 0 Å². The molecule has 3 rings (SSSR count). The predicted octanol–water partition coefficient (Wildman–Crippen LogP) is 2.81. The minimum atomic E-state index is -0.807. The number of aryl methyl sites for hydroxylation is 1. The van der Waals surface area contributed by atoms with Crippen LogP contribution in [-0.4, -0.2) is 38.3 Å². The number of nitriles is 1. The van der Waals surface area contributed by atoms with E-state index in [0.717, 1.165) is 25.5 Å². The van der Waals surface area contributed by atoms with Crippen molar-refractivity contribution in [3.05, 3.63) is 23.9 Å². The van der Waals surface area contributed by atoms with Crippen molar-refractivity contribution in [1.82, 2.24) is 25.1 Å². The Bertz CT molecular complexity index is 967. The zero-order chi connectivity index (χ0) is 21.9. The van der Waals surface area contributed by atoms with Crippen LogP contribution in [0.4, 0.5) is 16.0 Å². The molecule has 0 spiro atoms. The van der Waals surface area contributed by atoms with Gasteiger partial charge in [0.2, 0.25) is 17.7 Å². The van der Waals surface area contributed by atoms with E-state index < -0.39 is 11.4 Å². The van der Waals surface area contributed by atoms with Crippen molar-refractivity contribution in [2.75, 3.05) is 11.9 Å². The number of carbonyl (C=O) groups excluding carboxylic acids is 1. The summed E-state index contributed by atoms with van der Waals surface area (Å²) in [4.78, 5) is 19.3. The van der Waals surface area contributed by atoms with Gasteiger partial charge >= 0.3 is 0 Å². The summed E-state index contributed by atoms with van der Waals surface area (Å²) in [5, 5.41) is 19.5. The third kappa shape index (κ3) is 5.03. The van der Waals surface area contributed by atoms with E-state index >= 15 is 0 Å². The molecular weight excluding hydrogens is 389 g/mol. The number of rotatable bonds is 7. The number of amides is 1. The molecule has 160 valence electrons. The maximum Gasteiger partial charge on any atom is 0.255 e. The lowest BCUT2D eigenvalue weighted by molar-refractivity contribution is -0.119. The summed E-state index contributed by atoms with van der Waals surface area (Å²) in [5.74, 6) is -0.420. The van der Waals surface area contributed by atoms with Gasteiger partial charge in [0.05, 0.1) is 36.5 Å². The number of nitrogens with one attached hydrogen (secondary N) is 2. The molecule has 0 bridgehead atoms. The van der Waals surface area contributed by atoms with Gasteiger partial charge in [0.25, 0.3) is 5.88 Å². The van der Waals surface area contributed by atoms with Crippen LogP contribution < -0.4 is 15.4 Å². The molecule has 30 heavy (non-hydrogen) atoms. The Labute approximate surface area is 174 Å². The van der Waals surface area contributed by atoms with Gasteiger partial charge in [0.15, 0.2) is 0 Å². The molecule has 0 aliphatic heterocycles. The van der Waals surface area contributed by atoms with Crippen LogP contribution >= 0.6 is 0 Å². The smallest absolute Gasteiger partial charge is 0.255 e. The van der Waals surface area contributed by atoms with Crippen LogP contribution in [0.3, 0.4) is 0 Å². The van der Waals surface area contributed by atoms with Crippen molar-refractivity contribution in [2.24, 2.45) is 5.92 Å². The predicted molar refractivity (Wildman–Crippen MR) is 108 cm³/mol. The molecule has 1 aliphatic carbocycles. The first kappa shape index (κ1) is 21.5. The maximum absolute atomic E-state index is 14.1. The third-order valence-corrected chi connectivity index (χ3v) is 5.11. The van der Waals surface area contributed by atoms with Gasteiger partial charge in [-0.3, -0.25) is 9.48 Å². The van der Waals surface area contributed by atoms with Crippen LogP contribution in [0.15, 0.2) is 12.4 Å². The molecule has 0 radical (unpaired) electrons. The minimum absolute atomic E-state index is 0.0455. The highest BCUT2D eigenvalue weighted by Gasteiger charge is 2.26. The minimum Gasteiger partial charge on any atom is -0.475 e. The van der Waals surface area contributed by atoms with Gasteiger partial charge in [-0.05, 0) is 46.0 Å². The van der Waals surface area contributed by atoms with Crippen molar-refractivity contribution in [1.29, 1.82) is 5.26 Å². The van der Waals surface area contributed by atoms with Crippen LogP contribution in [-0.2, 0) is 10.3 Å². The van der Waals surface area contributed by atoms with E-state index in [0.29, 0.717) is 18.0 Å². The van der Waals surface area contributed by atoms with Crippen molar-refractivity contribution >= 4 is 17.5 Å². The molecular formula is C20H26FN7O2. The largest absolute Gasteiger partial charge is 0.475 e. The van der Waals surface area contributed by atoms with E-state index in [2.05, 4.69) is 31.8 Å². The number of ether oxygens (including phenoxy) is 1. The highest BCUT2D eigenvalue weighted by Crippen LogP contribution is 2.27. The number of anilines is 2. The summed E-state index contributed by atoms with van der Waals surface area (Å²) < 4.78 is 21.3. The topological polar surface area (TPSA) is 118 Å². The molecule has 1 aliphatic rings. The van der Waals surface area contributed by atoms with E-state index in [1.165, 1.54) is 6.92 Å². The zero-order valence-electron chi connectivity index (χ0n) is 17.6. The summed E-state index contributed by atoms with van der Waals surface area (Å²) in [7, 11) is 0. The van der Waals surface area contributed by atoms with Gasteiger partial charge in [-0.25, -0.2) is 4.98 Å². The first-order valence-electron chi connectivity index (χ1n) is 9.85. The van der Waals surface area contributed by atoms with Gasteiger partial charge < -0.3 is 15.4 Å². The second-order valence-electron chi connectivity index (χ2n) is 8.10. The van der Waals surface area contributed by atoms with E-state index in [1.807, 2.05) is 0 Å². The molecule has 10 heteroatoms. The number of nitrogens with zero attached hydrogens (tertiary/aromatic N) is 5. The fourth-order valence-electron chi connectivity index (χ4n) is 3.40. The Balaban J connectivity index is 1.65. The summed E-state index contributed by atoms with van der Waals surface area (Å²) in [6.45, 7) is 7.11. The molecule has 2 aromatic heterocycles. The summed E-state index contributed by atoms with van der Waals surface area (Å²) in [6, 6.07) is 2.32. The normalized spacial score (nSPS) is 18.7. The first-order chi connectivity index (χ1) is 14.2. The summed E-state index contributed by atoms with van der Waals surface area (Å²) in [6.07, 6.45) is 5.32. The van der Waals surface area contributed by atoms with Crippen LogP contribution in [0.25, 0.3) is 0 Å². The zero-order valence-corrected chi connectivity index (χ0v) is 17.6. The van der Waals surface area contributed by atoms with Crippen LogP contribution in [0, 0.1) is 30.0 Å². The van der Waals surface area contributed by atoms with Crippen LogP contribution in [0.2, 0.25) is 0 Å². The van der Waals surface area contributed by atoms with Crippen molar-refractivity contribution in [3.63, 3.8) is 0 Å². The average molecular weight is 415 g/mol. The fourth-order valence-corrected chi connectivity index (χ4v) is 3.40. The molecule has 2 heterocycles. The SMILES string of the molecule is CC(=O)N[C@H]1CC[C@@H](COc2nc(Nc3cn(C(C)(C)C#N)nc3C)ncc2F)C1. The Kier molecular flexibility index (Phi) is 6.20. The van der Waals surface area contributed by atoms with Gasteiger partial charge in [0, 0.05) is 13.0 Å². The Morgan fingerprint density at radius 1 is 1.47 bits per heavy atom. The Morgan fingerprint density at radius 2 is 2.23 bits per heavy atom. The van der Waals surface area contributed by atoms with E-state index in [1.54, 1.807) is 31.6 Å². The third-order valence-electron chi connectivity index (χ3n) is 5.11.